The smallest absolute Gasteiger partial charge is 0.408 e. The molecule has 3 fully saturated rings. The highest BCUT2D eigenvalue weighted by molar-refractivity contribution is 6.33. The summed E-state index contributed by atoms with van der Waals surface area (Å²) in [6.07, 6.45) is 4.68. The standard InChI is InChI=1S/C36H44N6O7/c1-7-22-17-36(22,21(3)43)41-32(45)28-15-24(48-30-16-27(29(44)18-38-37)39-26-14-20(2)12-13-25(26)30)19-42(28)33(46)31(35(4,5)6)40-34(47)49-23-10-8-9-11-23/h7,12-14,16,18,22-24,28,31H,1,8-11,15,17,19H2,2-6H3,(H,40,47)(H,41,45)/t22-,24-,28+,31-,36+/m1/s1. The van der Waals surface area contributed by atoms with Crippen LogP contribution in [-0.4, -0.2) is 86.7 Å². The Morgan fingerprint density at radius 1 is 1.14 bits per heavy atom. The van der Waals surface area contributed by atoms with Gasteiger partial charge in [0.2, 0.25) is 11.8 Å². The lowest BCUT2D eigenvalue weighted by molar-refractivity contribution is -0.142. The number of pyridine rings is 1. The molecule has 3 amide bonds. The summed E-state index contributed by atoms with van der Waals surface area (Å²) in [4.78, 5) is 75.4. The second-order valence-corrected chi connectivity index (χ2v) is 14.4. The molecule has 1 aliphatic heterocycles. The van der Waals surface area contributed by atoms with Crippen LogP contribution in [0.1, 0.15) is 82.3 Å². The molecule has 1 aromatic heterocycles. The SMILES string of the molecule is C=C[C@@H]1C[C@]1(NC(=O)[C@@H]1C[C@@H](Oc2cc(C(=O)C=[N+]=[N-])nc3cc(C)ccc23)CN1C(=O)[C@@H](NC(=O)OC1CCCC1)C(C)(C)C)C(C)=O. The molecule has 0 unspecified atom stereocenters. The predicted octanol–water partition coefficient (Wildman–Crippen LogP) is 4.11. The Morgan fingerprint density at radius 2 is 1.86 bits per heavy atom. The second kappa shape index (κ2) is 13.9. The molecule has 1 saturated heterocycles. The molecule has 2 saturated carbocycles. The number of hydrogen-bond donors (Lipinski definition) is 2. The molecule has 260 valence electrons. The number of hydrogen-bond acceptors (Lipinski definition) is 8. The van der Waals surface area contributed by atoms with Crippen LogP contribution in [0.3, 0.4) is 0 Å². The highest BCUT2D eigenvalue weighted by Gasteiger charge is 2.59. The number of aromatic nitrogens is 1. The molecular weight excluding hydrogens is 628 g/mol. The molecule has 2 heterocycles. The fraction of sp³-hybridized carbons (Fsp3) is 0.528. The summed E-state index contributed by atoms with van der Waals surface area (Å²) in [5.74, 6) is -1.81. The van der Waals surface area contributed by atoms with Crippen molar-refractivity contribution in [2.75, 3.05) is 6.54 Å². The van der Waals surface area contributed by atoms with Crippen LogP contribution < -0.4 is 15.4 Å². The summed E-state index contributed by atoms with van der Waals surface area (Å²) in [5.41, 5.74) is 8.44. The van der Waals surface area contributed by atoms with Gasteiger partial charge in [0.15, 0.2) is 5.78 Å². The minimum atomic E-state index is -1.10. The summed E-state index contributed by atoms with van der Waals surface area (Å²) < 4.78 is 12.1. The van der Waals surface area contributed by atoms with Gasteiger partial charge in [-0.1, -0.05) is 32.9 Å². The third-order valence-electron chi connectivity index (χ3n) is 9.72. The van der Waals surface area contributed by atoms with Crippen molar-refractivity contribution in [2.24, 2.45) is 11.3 Å². The number of nitrogens with one attached hydrogen (secondary N) is 2. The number of ketones is 2. The fourth-order valence-electron chi connectivity index (χ4n) is 6.84. The van der Waals surface area contributed by atoms with Gasteiger partial charge in [0.25, 0.3) is 5.78 Å². The second-order valence-electron chi connectivity index (χ2n) is 14.4. The van der Waals surface area contributed by atoms with E-state index in [4.69, 9.17) is 15.0 Å². The Hall–Kier alpha value is -4.90. The monoisotopic (exact) mass is 672 g/mol. The molecule has 2 N–H and O–H groups in total. The predicted molar refractivity (Wildman–Crippen MR) is 180 cm³/mol. The molecule has 2 aromatic rings. The lowest BCUT2D eigenvalue weighted by atomic mass is 9.85. The minimum Gasteiger partial charge on any atom is -0.488 e. The summed E-state index contributed by atoms with van der Waals surface area (Å²) in [5, 5.41) is 6.27. The number of fused-ring (bicyclic) bond motifs is 1. The molecule has 13 nitrogen and oxygen atoms in total. The molecule has 5 rings (SSSR count). The third kappa shape index (κ3) is 7.57. The Balaban J connectivity index is 1.47. The molecule has 13 heteroatoms. The number of Topliss-reactive ketones (excluding diaryl/α,β-unsaturated/α-hetero) is 2. The van der Waals surface area contributed by atoms with E-state index in [2.05, 4.69) is 27.0 Å². The van der Waals surface area contributed by atoms with Crippen LogP contribution in [0.2, 0.25) is 0 Å². The van der Waals surface area contributed by atoms with Crippen LogP contribution in [0.5, 0.6) is 5.75 Å². The van der Waals surface area contributed by atoms with Crippen molar-refractivity contribution in [1.29, 1.82) is 0 Å². The largest absolute Gasteiger partial charge is 0.488 e. The van der Waals surface area contributed by atoms with Crippen LogP contribution in [0.25, 0.3) is 16.4 Å². The van der Waals surface area contributed by atoms with Gasteiger partial charge in [-0.3, -0.25) is 19.2 Å². The highest BCUT2D eigenvalue weighted by Crippen LogP contribution is 2.45. The highest BCUT2D eigenvalue weighted by atomic mass is 16.6. The van der Waals surface area contributed by atoms with Crippen LogP contribution in [0, 0.1) is 18.3 Å². The number of aryl methyl sites for hydroxylation is 1. The van der Waals surface area contributed by atoms with E-state index in [1.54, 1.807) is 18.2 Å². The van der Waals surface area contributed by atoms with Crippen molar-refractivity contribution in [2.45, 2.75) is 103 Å². The number of carbonyl (C=O) groups excluding carboxylic acids is 5. The summed E-state index contributed by atoms with van der Waals surface area (Å²) in [6, 6.07) is 4.79. The van der Waals surface area contributed by atoms with Gasteiger partial charge in [0, 0.05) is 23.8 Å². The molecule has 0 bridgehead atoms. The van der Waals surface area contributed by atoms with Crippen molar-refractivity contribution in [1.82, 2.24) is 20.5 Å². The average Bonchev–Trinajstić information content (AvgIpc) is 3.31. The maximum atomic E-state index is 14.4. The Bertz CT molecular complexity index is 1740. The summed E-state index contributed by atoms with van der Waals surface area (Å²) in [6.45, 7) is 12.5. The molecule has 0 radical (unpaired) electrons. The number of likely N-dealkylation sites (tertiary alicyclic amines) is 1. The quantitative estimate of drug-likeness (QED) is 0.118. The molecule has 5 atom stereocenters. The lowest BCUT2D eigenvalue weighted by Gasteiger charge is -2.35. The Kier molecular flexibility index (Phi) is 10.1. The first kappa shape index (κ1) is 35.4. The Labute approximate surface area is 285 Å². The first-order valence-electron chi connectivity index (χ1n) is 16.7. The number of carbonyl (C=O) groups is 5. The van der Waals surface area contributed by atoms with Gasteiger partial charge >= 0.3 is 12.3 Å². The normalized spacial score (nSPS) is 24.0. The Morgan fingerprint density at radius 3 is 2.47 bits per heavy atom. The third-order valence-corrected chi connectivity index (χ3v) is 9.72. The average molecular weight is 673 g/mol. The van der Waals surface area contributed by atoms with E-state index in [0.29, 0.717) is 17.3 Å². The first-order chi connectivity index (χ1) is 23.2. The van der Waals surface area contributed by atoms with Gasteiger partial charge in [0.05, 0.1) is 12.1 Å². The van der Waals surface area contributed by atoms with E-state index in [-0.39, 0.29) is 42.2 Å². The van der Waals surface area contributed by atoms with Crippen LogP contribution in [-0.2, 0) is 19.1 Å². The van der Waals surface area contributed by atoms with E-state index in [1.165, 1.54) is 17.9 Å². The fourth-order valence-corrected chi connectivity index (χ4v) is 6.84. The van der Waals surface area contributed by atoms with Crippen molar-refractivity contribution < 1.29 is 38.2 Å². The van der Waals surface area contributed by atoms with Gasteiger partial charge in [-0.05, 0) is 69.1 Å². The zero-order valence-electron chi connectivity index (χ0n) is 28.7. The van der Waals surface area contributed by atoms with Crippen LogP contribution in [0.4, 0.5) is 4.79 Å². The van der Waals surface area contributed by atoms with Gasteiger partial charge in [-0.2, -0.15) is 4.79 Å². The van der Waals surface area contributed by atoms with Crippen molar-refractivity contribution in [3.63, 3.8) is 0 Å². The van der Waals surface area contributed by atoms with Crippen molar-refractivity contribution >= 4 is 46.6 Å². The van der Waals surface area contributed by atoms with E-state index < -0.39 is 52.8 Å². The first-order valence-corrected chi connectivity index (χ1v) is 16.7. The number of alkyl carbamates (subject to hydrolysis) is 1. The van der Waals surface area contributed by atoms with E-state index >= 15 is 0 Å². The van der Waals surface area contributed by atoms with Gasteiger partial charge in [-0.25, -0.2) is 9.78 Å². The molecule has 1 aromatic carbocycles. The van der Waals surface area contributed by atoms with Crippen LogP contribution >= 0.6 is 0 Å². The van der Waals surface area contributed by atoms with Gasteiger partial charge < -0.3 is 30.5 Å². The molecule has 0 spiro atoms. The molecule has 2 aliphatic carbocycles. The van der Waals surface area contributed by atoms with Gasteiger partial charge in [0.1, 0.15) is 41.3 Å². The lowest BCUT2D eigenvalue weighted by Crippen LogP contribution is -2.59. The maximum absolute atomic E-state index is 14.4. The number of nitrogens with zero attached hydrogens (tertiary/aromatic N) is 4. The number of rotatable bonds is 11. The zero-order chi connectivity index (χ0) is 35.7. The number of ether oxygens (including phenoxy) is 2. The number of amides is 3. The summed E-state index contributed by atoms with van der Waals surface area (Å²) >= 11 is 0. The maximum Gasteiger partial charge on any atom is 0.408 e. The zero-order valence-corrected chi connectivity index (χ0v) is 28.7. The topological polar surface area (TPSA) is 180 Å². The van der Waals surface area contributed by atoms with E-state index in [1.807, 2.05) is 33.8 Å². The summed E-state index contributed by atoms with van der Waals surface area (Å²) in [7, 11) is 0. The van der Waals surface area contributed by atoms with Crippen molar-refractivity contribution in [3.8, 4) is 5.75 Å². The number of benzene rings is 1. The minimum absolute atomic E-state index is 0.0171. The molecular formula is C36H44N6O7. The van der Waals surface area contributed by atoms with E-state index in [9.17, 15) is 24.0 Å². The van der Waals surface area contributed by atoms with Crippen LogP contribution in [0.15, 0.2) is 36.9 Å². The molecule has 3 aliphatic rings. The van der Waals surface area contributed by atoms with E-state index in [0.717, 1.165) is 37.5 Å². The molecule has 49 heavy (non-hydrogen) atoms. The van der Waals surface area contributed by atoms with Crippen molar-refractivity contribution in [3.05, 3.63) is 53.7 Å². The van der Waals surface area contributed by atoms with Gasteiger partial charge in [-0.15, -0.1) is 6.58 Å².